The summed E-state index contributed by atoms with van der Waals surface area (Å²) in [5.41, 5.74) is 1.63. The largest absolute Gasteiger partial charge is 0.345 e. The Labute approximate surface area is 113 Å². The molecule has 0 fully saturated rings. The van der Waals surface area contributed by atoms with Crippen molar-refractivity contribution in [1.82, 2.24) is 10.3 Å². The first-order valence-electron chi connectivity index (χ1n) is 6.18. The summed E-state index contributed by atoms with van der Waals surface area (Å²) in [4.78, 5) is 16.2. The molecule has 1 heterocycles. The minimum atomic E-state index is -0.0982. The summed E-state index contributed by atoms with van der Waals surface area (Å²) in [6.45, 7) is 3.73. The third-order valence-corrected chi connectivity index (χ3v) is 2.83. The molecule has 1 amide bonds. The third kappa shape index (κ3) is 3.52. The molecule has 0 aliphatic rings. The summed E-state index contributed by atoms with van der Waals surface area (Å²) >= 11 is 0. The van der Waals surface area contributed by atoms with Crippen molar-refractivity contribution < 1.29 is 4.79 Å². The number of carbonyl (C=O) groups excluding carboxylic acids is 1. The maximum absolute atomic E-state index is 12.1. The lowest BCUT2D eigenvalue weighted by molar-refractivity contribution is 0.0937. The van der Waals surface area contributed by atoms with E-state index in [-0.39, 0.29) is 11.9 Å². The first-order valence-corrected chi connectivity index (χ1v) is 6.18. The van der Waals surface area contributed by atoms with Gasteiger partial charge in [-0.05, 0) is 30.2 Å². The number of amides is 1. The minimum absolute atomic E-state index is 0.0868. The van der Waals surface area contributed by atoms with E-state index in [4.69, 9.17) is 0 Å². The van der Waals surface area contributed by atoms with Crippen molar-refractivity contribution in [1.29, 1.82) is 0 Å². The Morgan fingerprint density at radius 3 is 2.68 bits per heavy atom. The molecule has 2 aromatic rings. The quantitative estimate of drug-likeness (QED) is 0.831. The van der Waals surface area contributed by atoms with E-state index in [1.54, 1.807) is 30.6 Å². The molecule has 0 spiro atoms. The zero-order chi connectivity index (χ0) is 13.5. The van der Waals surface area contributed by atoms with E-state index in [0.29, 0.717) is 12.0 Å². The normalized spacial score (nSPS) is 11.6. The molecule has 0 saturated carbocycles. The highest BCUT2D eigenvalue weighted by Crippen LogP contribution is 2.16. The Bertz CT molecular complexity index is 537. The van der Waals surface area contributed by atoms with Gasteiger partial charge in [0.1, 0.15) is 0 Å². The maximum Gasteiger partial charge on any atom is 0.251 e. The molecule has 96 valence electrons. The molecule has 1 atom stereocenters. The van der Waals surface area contributed by atoms with E-state index in [9.17, 15) is 4.79 Å². The molecular weight excluding hydrogens is 236 g/mol. The Kier molecular flexibility index (Phi) is 4.45. The predicted octanol–water partition coefficient (Wildman–Crippen LogP) is 3.13. The van der Waals surface area contributed by atoms with Crippen molar-refractivity contribution in [2.45, 2.75) is 12.5 Å². The van der Waals surface area contributed by atoms with Gasteiger partial charge in [0.25, 0.3) is 5.91 Å². The summed E-state index contributed by atoms with van der Waals surface area (Å²) in [5, 5.41) is 3.00. The lowest BCUT2D eigenvalue weighted by atomic mass is 10.1. The number of aromatic nitrogens is 1. The summed E-state index contributed by atoms with van der Waals surface area (Å²) < 4.78 is 0. The van der Waals surface area contributed by atoms with Crippen LogP contribution in [0.5, 0.6) is 0 Å². The Morgan fingerprint density at radius 1 is 1.26 bits per heavy atom. The number of nitrogens with zero attached hydrogens (tertiary/aromatic N) is 1. The van der Waals surface area contributed by atoms with Gasteiger partial charge in [0.05, 0.1) is 6.04 Å². The average Bonchev–Trinajstić information content (AvgIpc) is 2.48. The van der Waals surface area contributed by atoms with Crippen LogP contribution in [0.1, 0.15) is 28.4 Å². The van der Waals surface area contributed by atoms with Crippen LogP contribution in [0.15, 0.2) is 67.5 Å². The molecule has 0 saturated heterocycles. The zero-order valence-electron chi connectivity index (χ0n) is 10.6. The lowest BCUT2D eigenvalue weighted by Gasteiger charge is -2.17. The molecule has 0 aliphatic carbocycles. The van der Waals surface area contributed by atoms with Gasteiger partial charge in [-0.2, -0.15) is 0 Å². The van der Waals surface area contributed by atoms with Crippen LogP contribution in [0, 0.1) is 0 Å². The molecule has 1 N–H and O–H groups in total. The van der Waals surface area contributed by atoms with Gasteiger partial charge in [-0.1, -0.05) is 30.3 Å². The smallest absolute Gasteiger partial charge is 0.251 e. The number of carbonyl (C=O) groups is 1. The van der Waals surface area contributed by atoms with Gasteiger partial charge in [-0.15, -0.1) is 6.58 Å². The number of pyridine rings is 1. The molecular formula is C16H16N2O. The second-order valence-electron chi connectivity index (χ2n) is 4.20. The third-order valence-electron chi connectivity index (χ3n) is 2.83. The van der Waals surface area contributed by atoms with Gasteiger partial charge in [-0.25, -0.2) is 0 Å². The summed E-state index contributed by atoms with van der Waals surface area (Å²) in [5.74, 6) is -0.0868. The topological polar surface area (TPSA) is 42.0 Å². The van der Waals surface area contributed by atoms with Crippen LogP contribution in [0.25, 0.3) is 0 Å². The Morgan fingerprint density at radius 2 is 2.05 bits per heavy atom. The van der Waals surface area contributed by atoms with Crippen LogP contribution in [0.3, 0.4) is 0 Å². The summed E-state index contributed by atoms with van der Waals surface area (Å²) in [7, 11) is 0. The fourth-order valence-corrected chi connectivity index (χ4v) is 1.86. The molecule has 3 heteroatoms. The van der Waals surface area contributed by atoms with E-state index in [0.717, 1.165) is 5.56 Å². The molecule has 2 rings (SSSR count). The lowest BCUT2D eigenvalue weighted by Crippen LogP contribution is -2.28. The minimum Gasteiger partial charge on any atom is -0.345 e. The monoisotopic (exact) mass is 252 g/mol. The van der Waals surface area contributed by atoms with Gasteiger partial charge in [-0.3, -0.25) is 9.78 Å². The first-order chi connectivity index (χ1) is 9.31. The van der Waals surface area contributed by atoms with Crippen molar-refractivity contribution in [3.8, 4) is 0 Å². The number of nitrogens with one attached hydrogen (secondary N) is 1. The molecule has 1 aromatic carbocycles. The second kappa shape index (κ2) is 6.50. The molecule has 0 aliphatic heterocycles. The van der Waals surface area contributed by atoms with Crippen LogP contribution < -0.4 is 5.32 Å². The summed E-state index contributed by atoms with van der Waals surface area (Å²) in [6.07, 6.45) is 5.94. The van der Waals surface area contributed by atoms with Gasteiger partial charge >= 0.3 is 0 Å². The number of hydrogen-bond donors (Lipinski definition) is 1. The molecule has 0 radical (unpaired) electrons. The standard InChI is InChI=1S/C16H16N2O/c1-2-7-15(14-10-6-11-17-12-14)18-16(19)13-8-4-3-5-9-13/h2-6,8-12,15H,1,7H2,(H,18,19). The van der Waals surface area contributed by atoms with Crippen LogP contribution in [0.4, 0.5) is 0 Å². The van der Waals surface area contributed by atoms with E-state index in [1.165, 1.54) is 0 Å². The van der Waals surface area contributed by atoms with Gasteiger partial charge in [0.15, 0.2) is 0 Å². The van der Waals surface area contributed by atoms with Crippen LogP contribution in [0.2, 0.25) is 0 Å². The second-order valence-corrected chi connectivity index (χ2v) is 4.20. The molecule has 19 heavy (non-hydrogen) atoms. The summed E-state index contributed by atoms with van der Waals surface area (Å²) in [6, 6.07) is 12.9. The van der Waals surface area contributed by atoms with Crippen molar-refractivity contribution in [2.75, 3.05) is 0 Å². The van der Waals surface area contributed by atoms with Crippen molar-refractivity contribution in [2.24, 2.45) is 0 Å². The van der Waals surface area contributed by atoms with E-state index < -0.39 is 0 Å². The number of hydrogen-bond acceptors (Lipinski definition) is 2. The van der Waals surface area contributed by atoms with E-state index in [2.05, 4.69) is 16.9 Å². The SMILES string of the molecule is C=CCC(NC(=O)c1ccccc1)c1cccnc1. The van der Waals surface area contributed by atoms with Gasteiger partial charge < -0.3 is 5.32 Å². The van der Waals surface area contributed by atoms with Gasteiger partial charge in [0.2, 0.25) is 0 Å². The highest BCUT2D eigenvalue weighted by Gasteiger charge is 2.14. The van der Waals surface area contributed by atoms with Crippen molar-refractivity contribution >= 4 is 5.91 Å². The molecule has 3 nitrogen and oxygen atoms in total. The maximum atomic E-state index is 12.1. The number of benzene rings is 1. The van der Waals surface area contributed by atoms with Crippen molar-refractivity contribution in [3.05, 3.63) is 78.6 Å². The fourth-order valence-electron chi connectivity index (χ4n) is 1.86. The van der Waals surface area contributed by atoms with E-state index >= 15 is 0 Å². The molecule has 1 aromatic heterocycles. The molecule has 1 unspecified atom stereocenters. The van der Waals surface area contributed by atoms with Crippen molar-refractivity contribution in [3.63, 3.8) is 0 Å². The molecule has 0 bridgehead atoms. The first kappa shape index (κ1) is 13.0. The Hall–Kier alpha value is -2.42. The predicted molar refractivity (Wildman–Crippen MR) is 75.7 cm³/mol. The van der Waals surface area contributed by atoms with Crippen LogP contribution in [-0.4, -0.2) is 10.9 Å². The van der Waals surface area contributed by atoms with Gasteiger partial charge in [0, 0.05) is 18.0 Å². The highest BCUT2D eigenvalue weighted by molar-refractivity contribution is 5.94. The number of rotatable bonds is 5. The average molecular weight is 252 g/mol. The van der Waals surface area contributed by atoms with Crippen LogP contribution >= 0.6 is 0 Å². The van der Waals surface area contributed by atoms with E-state index in [1.807, 2.05) is 30.3 Å². The highest BCUT2D eigenvalue weighted by atomic mass is 16.1. The zero-order valence-corrected chi connectivity index (χ0v) is 10.6. The Balaban J connectivity index is 2.14. The van der Waals surface area contributed by atoms with Crippen LogP contribution in [-0.2, 0) is 0 Å². The fraction of sp³-hybridized carbons (Fsp3) is 0.125.